The molecule has 0 bridgehead atoms. The van der Waals surface area contributed by atoms with Crippen LogP contribution in [0, 0.1) is 0 Å². The maximum atomic E-state index is 11.8. The van der Waals surface area contributed by atoms with Gasteiger partial charge in [-0.1, -0.05) is 18.2 Å². The van der Waals surface area contributed by atoms with Crippen molar-refractivity contribution in [1.82, 2.24) is 0 Å². The monoisotopic (exact) mass is 277 g/mol. The lowest BCUT2D eigenvalue weighted by Gasteiger charge is -1.99. The molecule has 0 aliphatic heterocycles. The third-order valence-electron chi connectivity index (χ3n) is 2.38. The molecule has 0 saturated heterocycles. The Morgan fingerprint density at radius 3 is 2.26 bits per heavy atom. The van der Waals surface area contributed by atoms with Crippen LogP contribution in [-0.4, -0.2) is 24.8 Å². The number of rotatable bonds is 3. The zero-order valence-electron chi connectivity index (χ0n) is 9.76. The molecule has 0 radical (unpaired) electrons. The van der Waals surface area contributed by atoms with Gasteiger partial charge in [-0.05, 0) is 35.9 Å². The Morgan fingerprint density at radius 1 is 0.947 bits per heavy atom. The van der Waals surface area contributed by atoms with Gasteiger partial charge in [-0.3, -0.25) is 0 Å². The molecule has 6 heteroatoms. The molecule has 2 rings (SSSR count). The van der Waals surface area contributed by atoms with E-state index in [1.165, 1.54) is 30.3 Å². The molecule has 0 atom stereocenters. The van der Waals surface area contributed by atoms with Gasteiger partial charge in [0.25, 0.3) is 10.0 Å². The summed E-state index contributed by atoms with van der Waals surface area (Å²) < 4.78 is 27.2. The second kappa shape index (κ2) is 5.11. The van der Waals surface area contributed by atoms with Crippen molar-refractivity contribution in [2.75, 3.05) is 0 Å². The average Bonchev–Trinajstić information content (AvgIpc) is 2.41. The van der Waals surface area contributed by atoms with Crippen LogP contribution in [0.2, 0.25) is 0 Å². The Bertz CT molecular complexity index is 709. The number of sulfonamides is 1. The first-order chi connectivity index (χ1) is 8.99. The minimum Gasteiger partial charge on any atom is -0.504 e. The van der Waals surface area contributed by atoms with E-state index in [1.54, 1.807) is 18.2 Å². The fourth-order valence-electron chi connectivity index (χ4n) is 1.40. The SMILES string of the molecule is O=S(=O)(/N=C\c1ccc(O)c(O)c1)c1ccccc1. The van der Waals surface area contributed by atoms with E-state index in [9.17, 15) is 13.5 Å². The summed E-state index contributed by atoms with van der Waals surface area (Å²) in [6, 6.07) is 11.7. The van der Waals surface area contributed by atoms with Gasteiger partial charge in [0.2, 0.25) is 0 Å². The first-order valence-corrected chi connectivity index (χ1v) is 6.80. The van der Waals surface area contributed by atoms with Crippen LogP contribution < -0.4 is 0 Å². The molecule has 19 heavy (non-hydrogen) atoms. The number of aromatic hydroxyl groups is 2. The molecular weight excluding hydrogens is 266 g/mol. The average molecular weight is 277 g/mol. The molecule has 98 valence electrons. The lowest BCUT2D eigenvalue weighted by atomic mass is 10.2. The summed E-state index contributed by atoms with van der Waals surface area (Å²) in [6.07, 6.45) is 1.11. The van der Waals surface area contributed by atoms with Crippen molar-refractivity contribution in [3.8, 4) is 11.5 Å². The van der Waals surface area contributed by atoms with Gasteiger partial charge in [0.1, 0.15) is 0 Å². The summed E-state index contributed by atoms with van der Waals surface area (Å²) in [5, 5.41) is 18.4. The predicted molar refractivity (Wildman–Crippen MR) is 71.0 cm³/mol. The highest BCUT2D eigenvalue weighted by Crippen LogP contribution is 2.24. The van der Waals surface area contributed by atoms with E-state index in [4.69, 9.17) is 5.11 Å². The van der Waals surface area contributed by atoms with Gasteiger partial charge in [0.15, 0.2) is 11.5 Å². The van der Waals surface area contributed by atoms with Crippen molar-refractivity contribution in [3.05, 3.63) is 54.1 Å². The van der Waals surface area contributed by atoms with E-state index in [-0.39, 0.29) is 16.4 Å². The zero-order chi connectivity index (χ0) is 13.9. The van der Waals surface area contributed by atoms with Crippen LogP contribution in [0.25, 0.3) is 0 Å². The summed E-state index contributed by atoms with van der Waals surface area (Å²) in [7, 11) is -3.76. The smallest absolute Gasteiger partial charge is 0.282 e. The van der Waals surface area contributed by atoms with Gasteiger partial charge in [0.05, 0.1) is 4.90 Å². The van der Waals surface area contributed by atoms with Gasteiger partial charge < -0.3 is 10.2 Å². The third kappa shape index (κ3) is 3.11. The highest BCUT2D eigenvalue weighted by atomic mass is 32.2. The summed E-state index contributed by atoms with van der Waals surface area (Å²) in [4.78, 5) is 0.0919. The molecule has 2 aromatic carbocycles. The summed E-state index contributed by atoms with van der Waals surface area (Å²) in [5.41, 5.74) is 0.370. The van der Waals surface area contributed by atoms with E-state index in [0.29, 0.717) is 5.56 Å². The fourth-order valence-corrected chi connectivity index (χ4v) is 2.29. The van der Waals surface area contributed by atoms with Crippen molar-refractivity contribution in [2.45, 2.75) is 4.90 Å². The van der Waals surface area contributed by atoms with Crippen LogP contribution in [-0.2, 0) is 10.0 Å². The lowest BCUT2D eigenvalue weighted by molar-refractivity contribution is 0.403. The molecule has 0 aliphatic carbocycles. The molecule has 0 aromatic heterocycles. The Hall–Kier alpha value is -2.34. The Morgan fingerprint density at radius 2 is 1.63 bits per heavy atom. The molecule has 0 heterocycles. The second-order valence-corrected chi connectivity index (χ2v) is 5.40. The molecule has 0 aliphatic rings. The first-order valence-electron chi connectivity index (χ1n) is 5.36. The van der Waals surface area contributed by atoms with E-state index < -0.39 is 10.0 Å². The van der Waals surface area contributed by atoms with Crippen molar-refractivity contribution < 1.29 is 18.6 Å². The van der Waals surface area contributed by atoms with Crippen LogP contribution in [0.15, 0.2) is 57.8 Å². The molecule has 0 spiro atoms. The lowest BCUT2D eigenvalue weighted by Crippen LogP contribution is -1.97. The highest BCUT2D eigenvalue weighted by molar-refractivity contribution is 7.90. The molecule has 2 N–H and O–H groups in total. The van der Waals surface area contributed by atoms with Gasteiger partial charge >= 0.3 is 0 Å². The molecule has 5 nitrogen and oxygen atoms in total. The van der Waals surface area contributed by atoms with E-state index in [0.717, 1.165) is 6.21 Å². The quantitative estimate of drug-likeness (QED) is 0.662. The Labute approximate surface area is 110 Å². The van der Waals surface area contributed by atoms with Crippen LogP contribution >= 0.6 is 0 Å². The van der Waals surface area contributed by atoms with Crippen molar-refractivity contribution in [1.29, 1.82) is 0 Å². The van der Waals surface area contributed by atoms with Gasteiger partial charge in [-0.15, -0.1) is 0 Å². The first kappa shape index (κ1) is 13.1. The summed E-state index contributed by atoms with van der Waals surface area (Å²) in [5.74, 6) is -0.607. The predicted octanol–water partition coefficient (Wildman–Crippen LogP) is 1.91. The third-order valence-corrected chi connectivity index (χ3v) is 3.63. The van der Waals surface area contributed by atoms with Crippen molar-refractivity contribution in [3.63, 3.8) is 0 Å². The molecular formula is C13H11NO4S. The standard InChI is InChI=1S/C13H11NO4S/c15-12-7-6-10(8-13(12)16)9-14-19(17,18)11-4-2-1-3-5-11/h1-9,15-16H/b14-9-. The zero-order valence-corrected chi connectivity index (χ0v) is 10.6. The number of hydrogen-bond donors (Lipinski definition) is 2. The minimum atomic E-state index is -3.76. The summed E-state index contributed by atoms with van der Waals surface area (Å²) >= 11 is 0. The van der Waals surface area contributed by atoms with Crippen LogP contribution in [0.4, 0.5) is 0 Å². The van der Waals surface area contributed by atoms with Crippen LogP contribution in [0.1, 0.15) is 5.56 Å². The minimum absolute atomic E-state index is 0.0919. The molecule has 0 unspecified atom stereocenters. The number of nitrogens with zero attached hydrogens (tertiary/aromatic N) is 1. The van der Waals surface area contributed by atoms with Gasteiger partial charge in [0, 0.05) is 6.21 Å². The second-order valence-electron chi connectivity index (χ2n) is 3.77. The maximum absolute atomic E-state index is 11.8. The van der Waals surface area contributed by atoms with Gasteiger partial charge in [-0.2, -0.15) is 12.8 Å². The van der Waals surface area contributed by atoms with Crippen LogP contribution in [0.3, 0.4) is 0 Å². The molecule has 0 amide bonds. The van der Waals surface area contributed by atoms with E-state index in [2.05, 4.69) is 4.40 Å². The highest BCUT2D eigenvalue weighted by Gasteiger charge is 2.10. The van der Waals surface area contributed by atoms with Crippen molar-refractivity contribution in [2.24, 2.45) is 4.40 Å². The van der Waals surface area contributed by atoms with Gasteiger partial charge in [-0.25, -0.2) is 0 Å². The Kier molecular flexibility index (Phi) is 3.52. The number of phenolic OH excluding ortho intramolecular Hbond substituents is 2. The summed E-state index contributed by atoms with van der Waals surface area (Å²) in [6.45, 7) is 0. The topological polar surface area (TPSA) is 87.0 Å². The molecule has 0 saturated carbocycles. The largest absolute Gasteiger partial charge is 0.504 e. The molecule has 2 aromatic rings. The maximum Gasteiger partial charge on any atom is 0.282 e. The normalized spacial score (nSPS) is 11.8. The van der Waals surface area contributed by atoms with E-state index in [1.807, 2.05) is 0 Å². The fraction of sp³-hybridized carbons (Fsp3) is 0. The van der Waals surface area contributed by atoms with Crippen molar-refractivity contribution >= 4 is 16.2 Å². The van der Waals surface area contributed by atoms with E-state index >= 15 is 0 Å². The Balaban J connectivity index is 2.30. The number of benzene rings is 2. The van der Waals surface area contributed by atoms with Crippen LogP contribution in [0.5, 0.6) is 11.5 Å². The number of hydrogen-bond acceptors (Lipinski definition) is 4. The number of phenols is 2. The molecule has 0 fully saturated rings.